The summed E-state index contributed by atoms with van der Waals surface area (Å²) in [5.41, 5.74) is -0.342. The van der Waals surface area contributed by atoms with Crippen LogP contribution < -0.4 is 4.90 Å². The fraction of sp³-hybridized carbons (Fsp3) is 0.545. The van der Waals surface area contributed by atoms with E-state index in [0.29, 0.717) is 25.5 Å². The van der Waals surface area contributed by atoms with Gasteiger partial charge in [-0.2, -0.15) is 0 Å². The highest BCUT2D eigenvalue weighted by Crippen LogP contribution is 2.26. The normalized spacial score (nSPS) is 18.7. The van der Waals surface area contributed by atoms with Crippen LogP contribution in [0.1, 0.15) is 13.8 Å². The van der Waals surface area contributed by atoms with E-state index in [1.54, 1.807) is 0 Å². The SMILES string of the molecule is CC1(C)CN(c2cc([N+](=O)[O-])cc(Cl)n2)CCO1. The van der Waals surface area contributed by atoms with Crippen LogP contribution in [0, 0.1) is 10.1 Å². The van der Waals surface area contributed by atoms with Crippen LogP contribution in [0.2, 0.25) is 5.15 Å². The minimum atomic E-state index is -0.470. The average Bonchev–Trinajstić information content (AvgIpc) is 2.26. The highest BCUT2D eigenvalue weighted by molar-refractivity contribution is 6.29. The maximum absolute atomic E-state index is 10.8. The van der Waals surface area contributed by atoms with Gasteiger partial charge in [-0.3, -0.25) is 10.1 Å². The third kappa shape index (κ3) is 2.88. The molecule has 2 heterocycles. The summed E-state index contributed by atoms with van der Waals surface area (Å²) in [7, 11) is 0. The summed E-state index contributed by atoms with van der Waals surface area (Å²) >= 11 is 5.81. The third-order valence-corrected chi connectivity index (χ3v) is 2.92. The van der Waals surface area contributed by atoms with Crippen LogP contribution in [-0.2, 0) is 4.74 Å². The van der Waals surface area contributed by atoms with E-state index < -0.39 is 4.92 Å². The van der Waals surface area contributed by atoms with E-state index >= 15 is 0 Å². The molecular formula is C11H14ClN3O3. The molecule has 1 fully saturated rings. The first-order valence-electron chi connectivity index (χ1n) is 5.58. The summed E-state index contributed by atoms with van der Waals surface area (Å²) in [4.78, 5) is 16.4. The summed E-state index contributed by atoms with van der Waals surface area (Å²) < 4.78 is 5.59. The Balaban J connectivity index is 2.30. The molecule has 7 heteroatoms. The summed E-state index contributed by atoms with van der Waals surface area (Å²) in [6.07, 6.45) is 0. The molecule has 98 valence electrons. The molecule has 0 N–H and O–H groups in total. The Bertz CT molecular complexity index is 479. The van der Waals surface area contributed by atoms with Crippen molar-refractivity contribution in [2.75, 3.05) is 24.6 Å². The van der Waals surface area contributed by atoms with E-state index in [2.05, 4.69) is 4.98 Å². The van der Waals surface area contributed by atoms with Crippen LogP contribution in [0.15, 0.2) is 12.1 Å². The maximum Gasteiger partial charge on any atom is 0.276 e. The number of aromatic nitrogens is 1. The Kier molecular flexibility index (Phi) is 3.41. The first-order valence-corrected chi connectivity index (χ1v) is 5.96. The first-order chi connectivity index (χ1) is 8.37. The van der Waals surface area contributed by atoms with Gasteiger partial charge in [0.05, 0.1) is 29.3 Å². The second-order valence-electron chi connectivity index (χ2n) is 4.79. The molecule has 0 spiro atoms. The van der Waals surface area contributed by atoms with Crippen molar-refractivity contribution in [1.82, 2.24) is 4.98 Å². The fourth-order valence-corrected chi connectivity index (χ4v) is 2.15. The Hall–Kier alpha value is -1.40. The fourth-order valence-electron chi connectivity index (χ4n) is 1.95. The zero-order chi connectivity index (χ0) is 13.3. The molecule has 1 aliphatic heterocycles. The molecule has 0 saturated carbocycles. The summed E-state index contributed by atoms with van der Waals surface area (Å²) in [6, 6.07) is 2.68. The molecule has 0 bridgehead atoms. The minimum absolute atomic E-state index is 0.0469. The van der Waals surface area contributed by atoms with Crippen molar-refractivity contribution in [3.05, 3.63) is 27.4 Å². The molecule has 1 aromatic rings. The monoisotopic (exact) mass is 271 g/mol. The van der Waals surface area contributed by atoms with Gasteiger partial charge in [-0.1, -0.05) is 11.6 Å². The van der Waals surface area contributed by atoms with Gasteiger partial charge < -0.3 is 9.64 Å². The summed E-state index contributed by atoms with van der Waals surface area (Å²) in [5, 5.41) is 10.9. The average molecular weight is 272 g/mol. The summed E-state index contributed by atoms with van der Waals surface area (Å²) in [5.74, 6) is 0.519. The summed E-state index contributed by atoms with van der Waals surface area (Å²) in [6.45, 7) is 5.77. The van der Waals surface area contributed by atoms with Gasteiger partial charge in [-0.15, -0.1) is 0 Å². The Labute approximate surface area is 110 Å². The van der Waals surface area contributed by atoms with Crippen molar-refractivity contribution in [3.8, 4) is 0 Å². The molecule has 1 aliphatic rings. The quantitative estimate of drug-likeness (QED) is 0.469. The number of nitrogens with zero attached hydrogens (tertiary/aromatic N) is 3. The number of ether oxygens (including phenoxy) is 1. The van der Waals surface area contributed by atoms with E-state index in [9.17, 15) is 10.1 Å². The van der Waals surface area contributed by atoms with Gasteiger partial charge in [0, 0.05) is 13.1 Å². The van der Waals surface area contributed by atoms with E-state index in [4.69, 9.17) is 16.3 Å². The van der Waals surface area contributed by atoms with Gasteiger partial charge in [0.1, 0.15) is 11.0 Å². The van der Waals surface area contributed by atoms with Crippen molar-refractivity contribution in [3.63, 3.8) is 0 Å². The van der Waals surface area contributed by atoms with Gasteiger partial charge in [-0.05, 0) is 13.8 Å². The standard InChI is InChI=1S/C11H14ClN3O3/c1-11(2)7-14(3-4-18-11)10-6-8(15(16)17)5-9(12)13-10/h5-6H,3-4,7H2,1-2H3. The van der Waals surface area contributed by atoms with Crippen molar-refractivity contribution < 1.29 is 9.66 Å². The Morgan fingerprint density at radius 2 is 2.28 bits per heavy atom. The second-order valence-corrected chi connectivity index (χ2v) is 5.18. The van der Waals surface area contributed by atoms with Gasteiger partial charge in [0.15, 0.2) is 0 Å². The van der Waals surface area contributed by atoms with E-state index in [-0.39, 0.29) is 16.4 Å². The molecule has 1 aromatic heterocycles. The van der Waals surface area contributed by atoms with Crippen LogP contribution in [0.5, 0.6) is 0 Å². The molecule has 6 nitrogen and oxygen atoms in total. The van der Waals surface area contributed by atoms with Crippen LogP contribution >= 0.6 is 11.6 Å². The van der Waals surface area contributed by atoms with Crippen molar-refractivity contribution in [2.45, 2.75) is 19.4 Å². The highest BCUT2D eigenvalue weighted by atomic mass is 35.5. The molecule has 0 unspecified atom stereocenters. The number of hydrogen-bond donors (Lipinski definition) is 0. The Morgan fingerprint density at radius 3 is 2.89 bits per heavy atom. The Morgan fingerprint density at radius 1 is 1.56 bits per heavy atom. The molecule has 0 amide bonds. The van der Waals surface area contributed by atoms with Crippen LogP contribution in [0.3, 0.4) is 0 Å². The smallest absolute Gasteiger partial charge is 0.276 e. The largest absolute Gasteiger partial charge is 0.372 e. The lowest BCUT2D eigenvalue weighted by Gasteiger charge is -2.38. The first kappa shape index (κ1) is 13.0. The number of nitro groups is 1. The maximum atomic E-state index is 10.8. The lowest BCUT2D eigenvalue weighted by atomic mass is 10.1. The number of halogens is 1. The van der Waals surface area contributed by atoms with E-state index in [1.165, 1.54) is 12.1 Å². The molecule has 0 aliphatic carbocycles. The third-order valence-electron chi connectivity index (χ3n) is 2.73. The molecular weight excluding hydrogens is 258 g/mol. The predicted molar refractivity (Wildman–Crippen MR) is 68.1 cm³/mol. The van der Waals surface area contributed by atoms with Gasteiger partial charge in [0.25, 0.3) is 5.69 Å². The minimum Gasteiger partial charge on any atom is -0.372 e. The number of morpholine rings is 1. The molecule has 0 aromatic carbocycles. The predicted octanol–water partition coefficient (Wildman–Crippen LogP) is 2.26. The molecule has 2 rings (SSSR count). The van der Waals surface area contributed by atoms with Crippen LogP contribution in [0.4, 0.5) is 11.5 Å². The number of hydrogen-bond acceptors (Lipinski definition) is 5. The lowest BCUT2D eigenvalue weighted by molar-refractivity contribution is -0.384. The van der Waals surface area contributed by atoms with Crippen molar-refractivity contribution in [1.29, 1.82) is 0 Å². The van der Waals surface area contributed by atoms with E-state index in [0.717, 1.165) is 0 Å². The molecule has 1 saturated heterocycles. The van der Waals surface area contributed by atoms with Crippen molar-refractivity contribution >= 4 is 23.1 Å². The van der Waals surface area contributed by atoms with Gasteiger partial charge in [0.2, 0.25) is 0 Å². The molecule has 18 heavy (non-hydrogen) atoms. The zero-order valence-electron chi connectivity index (χ0n) is 10.2. The van der Waals surface area contributed by atoms with Gasteiger partial charge in [-0.25, -0.2) is 4.98 Å². The van der Waals surface area contributed by atoms with Crippen LogP contribution in [0.25, 0.3) is 0 Å². The number of anilines is 1. The second kappa shape index (κ2) is 4.70. The van der Waals surface area contributed by atoms with Gasteiger partial charge >= 0.3 is 0 Å². The molecule has 0 radical (unpaired) electrons. The van der Waals surface area contributed by atoms with E-state index in [1.807, 2.05) is 18.7 Å². The highest BCUT2D eigenvalue weighted by Gasteiger charge is 2.28. The van der Waals surface area contributed by atoms with Crippen molar-refractivity contribution in [2.24, 2.45) is 0 Å². The topological polar surface area (TPSA) is 68.5 Å². The van der Waals surface area contributed by atoms with Crippen LogP contribution in [-0.4, -0.2) is 35.2 Å². The lowest BCUT2D eigenvalue weighted by Crippen LogP contribution is -2.48. The zero-order valence-corrected chi connectivity index (χ0v) is 11.0. The number of rotatable bonds is 2. The molecule has 0 atom stereocenters. The number of pyridine rings is 1.